The van der Waals surface area contributed by atoms with Crippen LogP contribution < -0.4 is 15.2 Å². The van der Waals surface area contributed by atoms with Gasteiger partial charge in [0.1, 0.15) is 0 Å². The molecule has 3 aliphatic rings. The number of rotatable bonds is 2. The van der Waals surface area contributed by atoms with Crippen LogP contribution in [0.15, 0.2) is 34.2 Å². The number of carbonyl (C=O) groups excluding carboxylic acids is 2. The lowest BCUT2D eigenvalue weighted by molar-refractivity contribution is -0.129. The van der Waals surface area contributed by atoms with Gasteiger partial charge in [-0.3, -0.25) is 9.59 Å². The summed E-state index contributed by atoms with van der Waals surface area (Å²) in [4.78, 5) is 38.6. The van der Waals surface area contributed by atoms with E-state index in [9.17, 15) is 9.59 Å². The third-order valence-electron chi connectivity index (χ3n) is 7.29. The lowest BCUT2D eigenvalue weighted by Gasteiger charge is -2.36. The third-order valence-corrected chi connectivity index (χ3v) is 11.5. The Bertz CT molecular complexity index is 1330. The molecule has 0 spiro atoms. The van der Waals surface area contributed by atoms with Crippen molar-refractivity contribution in [3.8, 4) is 0 Å². The zero-order valence-electron chi connectivity index (χ0n) is 20.8. The maximum atomic E-state index is 11.7. The number of fused-ring (bicyclic) bond motifs is 2. The fourth-order valence-electron chi connectivity index (χ4n) is 5.17. The Morgan fingerprint density at radius 1 is 0.771 bits per heavy atom. The Labute approximate surface area is 221 Å². The van der Waals surface area contributed by atoms with Gasteiger partial charge in [0.25, 0.3) is 0 Å². The minimum absolute atomic E-state index is 0.125. The molecule has 0 aromatic heterocycles. The van der Waals surface area contributed by atoms with Crippen molar-refractivity contribution in [1.82, 2.24) is 9.80 Å². The summed E-state index contributed by atoms with van der Waals surface area (Å²) in [6, 6.07) is 9.15. The molecule has 2 aromatic carbocycles. The molecule has 0 bridgehead atoms. The number of carbonyl (C=O) groups is 2. The number of amides is 2. The zero-order valence-corrected chi connectivity index (χ0v) is 23.8. The largest absolute Gasteiger partial charge is 0.368 e. The first-order valence-electron chi connectivity index (χ1n) is 12.2. The summed E-state index contributed by atoms with van der Waals surface area (Å²) in [6.45, 7) is 14.1. The molecule has 5 rings (SSSR count). The summed E-state index contributed by atoms with van der Waals surface area (Å²) in [6.07, 6.45) is 0. The molecule has 2 aromatic rings. The highest BCUT2D eigenvalue weighted by molar-refractivity contribution is 14.2. The SMILES string of the molecule is CC(=O)N1CCN(c2cc(C)c3c(c2)S(I)=c2cc(N4CCN(C(C)=O)CC4)cc(C)c2=N3)CC1. The molecule has 9 heteroatoms. The van der Waals surface area contributed by atoms with E-state index in [-0.39, 0.29) is 19.5 Å². The summed E-state index contributed by atoms with van der Waals surface area (Å²) in [5, 5.41) is 1.10. The molecule has 0 saturated carbocycles. The van der Waals surface area contributed by atoms with Crippen LogP contribution in [0.1, 0.15) is 25.0 Å². The summed E-state index contributed by atoms with van der Waals surface area (Å²) in [5.74, 6) is 0.314. The number of aryl methyl sites for hydroxylation is 2. The molecule has 2 saturated heterocycles. The zero-order chi connectivity index (χ0) is 24.9. The molecule has 0 aliphatic carbocycles. The number of hydrogen-bond donors (Lipinski definition) is 0. The van der Waals surface area contributed by atoms with Crippen molar-refractivity contribution < 1.29 is 9.59 Å². The van der Waals surface area contributed by atoms with Crippen molar-refractivity contribution in [2.75, 3.05) is 62.2 Å². The van der Waals surface area contributed by atoms with Crippen LogP contribution in [0.4, 0.5) is 17.1 Å². The van der Waals surface area contributed by atoms with E-state index in [1.54, 1.807) is 13.8 Å². The molecule has 7 nitrogen and oxygen atoms in total. The fraction of sp³-hybridized carbons (Fsp3) is 0.462. The molecule has 0 radical (unpaired) electrons. The van der Waals surface area contributed by atoms with Gasteiger partial charge in [-0.15, -0.1) is 0 Å². The van der Waals surface area contributed by atoms with Gasteiger partial charge in [0.05, 0.1) is 11.0 Å². The number of hydrogen-bond acceptors (Lipinski definition) is 5. The Morgan fingerprint density at radius 3 is 1.77 bits per heavy atom. The van der Waals surface area contributed by atoms with E-state index in [2.05, 4.69) is 69.1 Å². The van der Waals surface area contributed by atoms with Gasteiger partial charge in [0.15, 0.2) is 0 Å². The van der Waals surface area contributed by atoms with Gasteiger partial charge in [0.2, 0.25) is 11.8 Å². The first-order chi connectivity index (χ1) is 16.7. The van der Waals surface area contributed by atoms with Gasteiger partial charge in [-0.1, -0.05) is 7.66 Å². The molecular weight excluding hydrogens is 573 g/mol. The Hall–Kier alpha value is -2.14. The predicted molar refractivity (Wildman–Crippen MR) is 151 cm³/mol. The second-order valence-corrected chi connectivity index (χ2v) is 13.6. The van der Waals surface area contributed by atoms with E-state index in [1.165, 1.54) is 31.9 Å². The van der Waals surface area contributed by atoms with Gasteiger partial charge in [-0.2, -0.15) is 0 Å². The monoisotopic (exact) mass is 605 g/mol. The van der Waals surface area contributed by atoms with Crippen molar-refractivity contribution in [1.29, 1.82) is 0 Å². The van der Waals surface area contributed by atoms with Crippen LogP contribution >= 0.6 is 28.9 Å². The van der Waals surface area contributed by atoms with Gasteiger partial charge in [-0.25, -0.2) is 4.99 Å². The summed E-state index contributed by atoms with van der Waals surface area (Å²) < 4.78 is 1.29. The highest BCUT2D eigenvalue weighted by Gasteiger charge is 2.23. The molecule has 1 unspecified atom stereocenters. The summed E-state index contributed by atoms with van der Waals surface area (Å²) in [5.41, 5.74) is 5.97. The average Bonchev–Trinajstić information content (AvgIpc) is 2.85. The van der Waals surface area contributed by atoms with Crippen LogP contribution in [0.2, 0.25) is 0 Å². The Morgan fingerprint density at radius 2 is 1.26 bits per heavy atom. The van der Waals surface area contributed by atoms with Crippen LogP contribution in [0.25, 0.3) is 0 Å². The minimum Gasteiger partial charge on any atom is -0.368 e. The number of nitrogens with zero attached hydrogens (tertiary/aromatic N) is 5. The first-order valence-corrected chi connectivity index (χ1v) is 15.9. The molecule has 2 fully saturated rings. The van der Waals surface area contributed by atoms with Crippen molar-refractivity contribution >= 4 is 57.7 Å². The van der Waals surface area contributed by atoms with Crippen molar-refractivity contribution in [2.45, 2.75) is 32.6 Å². The van der Waals surface area contributed by atoms with E-state index in [0.29, 0.717) is 0 Å². The molecular formula is C26H32IN5O2S. The number of halogens is 1. The molecule has 3 aliphatic heterocycles. The lowest BCUT2D eigenvalue weighted by Crippen LogP contribution is -2.48. The maximum Gasteiger partial charge on any atom is 0.219 e. The molecule has 3 heterocycles. The fourth-order valence-corrected chi connectivity index (χ4v) is 8.62. The second kappa shape index (κ2) is 9.72. The van der Waals surface area contributed by atoms with Gasteiger partial charge in [0, 0.05) is 87.0 Å². The van der Waals surface area contributed by atoms with Gasteiger partial charge >= 0.3 is 0 Å². The van der Waals surface area contributed by atoms with Crippen LogP contribution in [0, 0.1) is 18.4 Å². The molecule has 2 amide bonds. The quantitative estimate of drug-likeness (QED) is 0.386. The van der Waals surface area contributed by atoms with E-state index < -0.39 is 0 Å². The third kappa shape index (κ3) is 4.69. The Kier molecular flexibility index (Phi) is 6.82. The van der Waals surface area contributed by atoms with Crippen LogP contribution in [0.3, 0.4) is 0 Å². The van der Waals surface area contributed by atoms with Crippen molar-refractivity contribution in [3.05, 3.63) is 45.3 Å². The number of benzene rings is 2. The van der Waals surface area contributed by atoms with Crippen LogP contribution in [-0.2, 0) is 9.59 Å². The number of anilines is 2. The van der Waals surface area contributed by atoms with E-state index >= 15 is 0 Å². The molecule has 186 valence electrons. The maximum absolute atomic E-state index is 11.7. The van der Waals surface area contributed by atoms with E-state index in [0.717, 1.165) is 63.4 Å². The molecule has 35 heavy (non-hydrogen) atoms. The van der Waals surface area contributed by atoms with E-state index in [4.69, 9.17) is 4.99 Å². The van der Waals surface area contributed by atoms with E-state index in [1.807, 2.05) is 9.80 Å². The topological polar surface area (TPSA) is 59.5 Å². The lowest BCUT2D eigenvalue weighted by atomic mass is 10.1. The molecule has 0 N–H and O–H groups in total. The average molecular weight is 606 g/mol. The van der Waals surface area contributed by atoms with Gasteiger partial charge in [-0.05, 0) is 70.4 Å². The normalized spacial score (nSPS) is 19.7. The first kappa shape index (κ1) is 24.5. The molecule has 1 atom stereocenters. The van der Waals surface area contributed by atoms with Crippen LogP contribution in [0.5, 0.6) is 0 Å². The van der Waals surface area contributed by atoms with Crippen LogP contribution in [-0.4, -0.2) is 74.0 Å². The number of piperazine rings is 2. The smallest absolute Gasteiger partial charge is 0.219 e. The highest BCUT2D eigenvalue weighted by atomic mass is 127. The second-order valence-electron chi connectivity index (χ2n) is 9.57. The van der Waals surface area contributed by atoms with Gasteiger partial charge < -0.3 is 19.6 Å². The highest BCUT2D eigenvalue weighted by Crippen LogP contribution is 2.48. The summed E-state index contributed by atoms with van der Waals surface area (Å²) in [7, 11) is -0.125. The Balaban J connectivity index is 1.49. The summed E-state index contributed by atoms with van der Waals surface area (Å²) >= 11 is 2.60. The minimum atomic E-state index is -0.125. The van der Waals surface area contributed by atoms with Crippen molar-refractivity contribution in [3.63, 3.8) is 0 Å². The standard InChI is InChI=1S/C26H32IN5O2S/c1-17-13-21(31-9-5-29(6-10-31)19(3)33)15-23-25(17)28-26-18(2)14-22(16-24(26)35(23)27)32-11-7-30(8-12-32)20(4)34/h13-16H,5-12H2,1-4H3. The van der Waals surface area contributed by atoms with Crippen molar-refractivity contribution in [2.24, 2.45) is 4.99 Å². The predicted octanol–water partition coefficient (Wildman–Crippen LogP) is 3.83.